The van der Waals surface area contributed by atoms with Gasteiger partial charge in [-0.25, -0.2) is 0 Å². The third-order valence-electron chi connectivity index (χ3n) is 3.82. The van der Waals surface area contributed by atoms with Gasteiger partial charge in [-0.2, -0.15) is 5.26 Å². The molecule has 0 radical (unpaired) electrons. The van der Waals surface area contributed by atoms with E-state index in [1.807, 2.05) is 18.2 Å². The average molecular weight is 420 g/mol. The fourth-order valence-corrected chi connectivity index (χ4v) is 2.64. The SMILES string of the molecule is COc1ccc(CCNC(=O)/C(C#N)=C\Nc2ccc(Cl)c(Cl)c2)cc1OC. The number of hydrogen-bond acceptors (Lipinski definition) is 5. The maximum absolute atomic E-state index is 12.2. The summed E-state index contributed by atoms with van der Waals surface area (Å²) in [5, 5.41) is 15.6. The Bertz CT molecular complexity index is 923. The molecule has 0 aliphatic heterocycles. The Labute approximate surface area is 173 Å². The highest BCUT2D eigenvalue weighted by Crippen LogP contribution is 2.27. The maximum atomic E-state index is 12.2. The normalized spacial score (nSPS) is 10.8. The largest absolute Gasteiger partial charge is 0.493 e. The Kier molecular flexibility index (Phi) is 8.00. The summed E-state index contributed by atoms with van der Waals surface area (Å²) < 4.78 is 10.5. The molecule has 146 valence electrons. The summed E-state index contributed by atoms with van der Waals surface area (Å²) in [7, 11) is 3.13. The van der Waals surface area contributed by atoms with Crippen LogP contribution < -0.4 is 20.1 Å². The summed E-state index contributed by atoms with van der Waals surface area (Å²) in [4.78, 5) is 12.2. The first-order valence-electron chi connectivity index (χ1n) is 8.29. The van der Waals surface area contributed by atoms with E-state index in [2.05, 4.69) is 10.6 Å². The van der Waals surface area contributed by atoms with Crippen LogP contribution in [0.1, 0.15) is 5.56 Å². The van der Waals surface area contributed by atoms with Crippen molar-refractivity contribution in [2.45, 2.75) is 6.42 Å². The minimum absolute atomic E-state index is 0.0571. The Balaban J connectivity index is 1.93. The van der Waals surface area contributed by atoms with Crippen molar-refractivity contribution < 1.29 is 14.3 Å². The molecule has 0 aromatic heterocycles. The number of nitrogens with one attached hydrogen (secondary N) is 2. The fraction of sp³-hybridized carbons (Fsp3) is 0.200. The van der Waals surface area contributed by atoms with Crippen molar-refractivity contribution in [3.8, 4) is 17.6 Å². The van der Waals surface area contributed by atoms with E-state index in [-0.39, 0.29) is 5.57 Å². The van der Waals surface area contributed by atoms with Crippen molar-refractivity contribution in [1.29, 1.82) is 5.26 Å². The molecular weight excluding hydrogens is 401 g/mol. The van der Waals surface area contributed by atoms with Crippen LogP contribution >= 0.6 is 23.2 Å². The van der Waals surface area contributed by atoms with Crippen molar-refractivity contribution in [3.63, 3.8) is 0 Å². The van der Waals surface area contributed by atoms with Crippen LogP contribution in [0.2, 0.25) is 10.0 Å². The van der Waals surface area contributed by atoms with E-state index >= 15 is 0 Å². The zero-order valence-corrected chi connectivity index (χ0v) is 16.9. The van der Waals surface area contributed by atoms with Crippen LogP contribution in [0.15, 0.2) is 48.2 Å². The molecule has 0 saturated heterocycles. The van der Waals surface area contributed by atoms with Crippen LogP contribution in [0.4, 0.5) is 5.69 Å². The first-order valence-corrected chi connectivity index (χ1v) is 9.05. The second-order valence-electron chi connectivity index (χ2n) is 5.64. The van der Waals surface area contributed by atoms with Crippen LogP contribution in [0.5, 0.6) is 11.5 Å². The number of anilines is 1. The first kappa shape index (κ1) is 21.4. The molecule has 0 saturated carbocycles. The van der Waals surface area contributed by atoms with Crippen molar-refractivity contribution >= 4 is 34.8 Å². The van der Waals surface area contributed by atoms with Crippen molar-refractivity contribution in [2.24, 2.45) is 0 Å². The van der Waals surface area contributed by atoms with Crippen molar-refractivity contribution in [1.82, 2.24) is 5.32 Å². The molecule has 0 aliphatic rings. The first-order chi connectivity index (χ1) is 13.5. The van der Waals surface area contributed by atoms with Crippen LogP contribution in [-0.2, 0) is 11.2 Å². The zero-order chi connectivity index (χ0) is 20.5. The number of rotatable bonds is 8. The zero-order valence-electron chi connectivity index (χ0n) is 15.4. The number of nitriles is 1. The molecule has 2 N–H and O–H groups in total. The lowest BCUT2D eigenvalue weighted by atomic mass is 10.1. The molecule has 2 rings (SSSR count). The maximum Gasteiger partial charge on any atom is 0.263 e. The van der Waals surface area contributed by atoms with Gasteiger partial charge in [-0.05, 0) is 42.3 Å². The second-order valence-corrected chi connectivity index (χ2v) is 6.45. The third kappa shape index (κ3) is 5.81. The molecule has 0 fully saturated rings. The van der Waals surface area contributed by atoms with E-state index in [1.165, 1.54) is 6.20 Å². The molecule has 8 heteroatoms. The van der Waals surface area contributed by atoms with Gasteiger partial charge in [0.15, 0.2) is 11.5 Å². The van der Waals surface area contributed by atoms with E-state index < -0.39 is 5.91 Å². The van der Waals surface area contributed by atoms with Gasteiger partial charge < -0.3 is 20.1 Å². The minimum atomic E-state index is -0.476. The number of benzene rings is 2. The molecule has 0 bridgehead atoms. The van der Waals surface area contributed by atoms with Gasteiger partial charge in [0.2, 0.25) is 0 Å². The Morgan fingerprint density at radius 1 is 1.11 bits per heavy atom. The van der Waals surface area contributed by atoms with Gasteiger partial charge in [0.25, 0.3) is 5.91 Å². The topological polar surface area (TPSA) is 83.4 Å². The van der Waals surface area contributed by atoms with Gasteiger partial charge in [0.05, 0.1) is 24.3 Å². The highest BCUT2D eigenvalue weighted by molar-refractivity contribution is 6.42. The standard InChI is InChI=1S/C20H19Cl2N3O3/c1-27-18-6-3-13(9-19(18)28-2)7-8-24-20(26)14(11-23)12-25-15-4-5-16(21)17(22)10-15/h3-6,9-10,12,25H,7-8H2,1-2H3,(H,24,26)/b14-12-. The predicted octanol–water partition coefficient (Wildman–Crippen LogP) is 4.19. The van der Waals surface area contributed by atoms with Gasteiger partial charge in [-0.1, -0.05) is 29.3 Å². The summed E-state index contributed by atoms with van der Waals surface area (Å²) in [6.07, 6.45) is 1.90. The smallest absolute Gasteiger partial charge is 0.263 e. The lowest BCUT2D eigenvalue weighted by molar-refractivity contribution is -0.117. The summed E-state index contributed by atoms with van der Waals surface area (Å²) in [6, 6.07) is 12.3. The number of methoxy groups -OCH3 is 2. The molecule has 0 aliphatic carbocycles. The quantitative estimate of drug-likeness (QED) is 0.494. The predicted molar refractivity (Wildman–Crippen MR) is 110 cm³/mol. The molecule has 1 amide bonds. The van der Waals surface area contributed by atoms with Crippen LogP contribution in [0, 0.1) is 11.3 Å². The Morgan fingerprint density at radius 3 is 2.50 bits per heavy atom. The molecular formula is C20H19Cl2N3O3. The van der Waals surface area contributed by atoms with E-state index in [9.17, 15) is 10.1 Å². The average Bonchev–Trinajstić information content (AvgIpc) is 2.70. The molecule has 0 heterocycles. The third-order valence-corrected chi connectivity index (χ3v) is 4.55. The van der Waals surface area contributed by atoms with Gasteiger partial charge in [0, 0.05) is 18.4 Å². The molecule has 0 unspecified atom stereocenters. The number of ether oxygens (including phenoxy) is 2. The molecule has 2 aromatic carbocycles. The fourth-order valence-electron chi connectivity index (χ4n) is 2.34. The molecule has 0 spiro atoms. The number of amides is 1. The Hall–Kier alpha value is -2.88. The van der Waals surface area contributed by atoms with Crippen LogP contribution in [0.25, 0.3) is 0 Å². The molecule has 0 atom stereocenters. The lowest BCUT2D eigenvalue weighted by Crippen LogP contribution is -2.27. The summed E-state index contributed by atoms with van der Waals surface area (Å²) in [5.41, 5.74) is 1.52. The van der Waals surface area contributed by atoms with E-state index in [0.717, 1.165) is 5.56 Å². The van der Waals surface area contributed by atoms with Crippen molar-refractivity contribution in [2.75, 3.05) is 26.1 Å². The number of halogens is 2. The monoisotopic (exact) mass is 419 g/mol. The van der Waals surface area contributed by atoms with Crippen LogP contribution in [0.3, 0.4) is 0 Å². The van der Waals surface area contributed by atoms with Gasteiger partial charge >= 0.3 is 0 Å². The second kappa shape index (κ2) is 10.5. The summed E-state index contributed by atoms with van der Waals surface area (Å²) >= 11 is 11.8. The summed E-state index contributed by atoms with van der Waals surface area (Å²) in [5.74, 6) is 0.781. The van der Waals surface area contributed by atoms with E-state index in [4.69, 9.17) is 32.7 Å². The highest BCUT2D eigenvalue weighted by Gasteiger charge is 2.09. The van der Waals surface area contributed by atoms with Crippen LogP contribution in [-0.4, -0.2) is 26.7 Å². The highest BCUT2D eigenvalue weighted by atomic mass is 35.5. The number of carbonyl (C=O) groups excluding carboxylic acids is 1. The van der Waals surface area contributed by atoms with E-state index in [1.54, 1.807) is 38.5 Å². The Morgan fingerprint density at radius 2 is 1.86 bits per heavy atom. The van der Waals surface area contributed by atoms with Crippen molar-refractivity contribution in [3.05, 3.63) is 63.8 Å². The lowest BCUT2D eigenvalue weighted by Gasteiger charge is -2.10. The van der Waals surface area contributed by atoms with E-state index in [0.29, 0.717) is 40.2 Å². The number of carbonyl (C=O) groups is 1. The molecule has 28 heavy (non-hydrogen) atoms. The minimum Gasteiger partial charge on any atom is -0.493 e. The summed E-state index contributed by atoms with van der Waals surface area (Å²) in [6.45, 7) is 0.361. The number of nitrogens with zero attached hydrogens (tertiary/aromatic N) is 1. The molecule has 6 nitrogen and oxygen atoms in total. The van der Waals surface area contributed by atoms with Gasteiger partial charge in [0.1, 0.15) is 11.6 Å². The number of hydrogen-bond donors (Lipinski definition) is 2. The van der Waals surface area contributed by atoms with Gasteiger partial charge in [-0.15, -0.1) is 0 Å². The van der Waals surface area contributed by atoms with Gasteiger partial charge in [-0.3, -0.25) is 4.79 Å². The molecule has 2 aromatic rings.